The Balaban J connectivity index is 4.28. The summed E-state index contributed by atoms with van der Waals surface area (Å²) in [5.41, 5.74) is 0. The second-order valence-corrected chi connectivity index (χ2v) is 4.51. The zero-order chi connectivity index (χ0) is 14.3. The van der Waals surface area contributed by atoms with E-state index >= 15 is 0 Å². The molecule has 104 valence electrons. The minimum Gasteiger partial charge on any atom is -0.349 e. The van der Waals surface area contributed by atoms with E-state index in [1.54, 1.807) is 28.1 Å². The molecule has 2 atom stereocenters. The Morgan fingerprint density at radius 2 is 1.78 bits per heavy atom. The summed E-state index contributed by atoms with van der Waals surface area (Å²) in [6.45, 7) is 3.06. The van der Waals surface area contributed by atoms with Crippen molar-refractivity contribution in [1.82, 2.24) is 15.5 Å². The van der Waals surface area contributed by atoms with Crippen molar-refractivity contribution in [1.29, 1.82) is 0 Å². The molecule has 0 radical (unpaired) electrons. The van der Waals surface area contributed by atoms with Gasteiger partial charge >= 0.3 is 0 Å². The van der Waals surface area contributed by atoms with Gasteiger partial charge in [0.05, 0.1) is 12.1 Å². The first-order valence-electron chi connectivity index (χ1n) is 5.97. The van der Waals surface area contributed by atoms with Crippen LogP contribution in [0, 0.1) is 0 Å². The highest BCUT2D eigenvalue weighted by molar-refractivity contribution is 5.89. The van der Waals surface area contributed by atoms with Crippen LogP contribution < -0.4 is 10.6 Å². The van der Waals surface area contributed by atoms with E-state index in [0.29, 0.717) is 12.8 Å². The zero-order valence-electron chi connectivity index (χ0n) is 11.7. The van der Waals surface area contributed by atoms with E-state index < -0.39 is 12.1 Å². The van der Waals surface area contributed by atoms with Crippen molar-refractivity contribution in [2.45, 2.75) is 38.8 Å². The molecule has 6 nitrogen and oxygen atoms in total. The molecule has 6 heteroatoms. The summed E-state index contributed by atoms with van der Waals surface area (Å²) in [5.74, 6) is -0.378. The Morgan fingerprint density at radius 1 is 1.22 bits per heavy atom. The largest absolute Gasteiger partial charge is 0.349 e. The average Bonchev–Trinajstić information content (AvgIpc) is 2.28. The minimum atomic E-state index is -0.502. The van der Waals surface area contributed by atoms with Gasteiger partial charge in [-0.3, -0.25) is 14.4 Å². The quantitative estimate of drug-likeness (QED) is 0.647. The molecule has 18 heavy (non-hydrogen) atoms. The lowest BCUT2D eigenvalue weighted by molar-refractivity contribution is -0.130. The summed E-state index contributed by atoms with van der Waals surface area (Å²) >= 11 is 0. The maximum atomic E-state index is 11.8. The molecule has 1 unspecified atom stereocenters. The van der Waals surface area contributed by atoms with E-state index in [0.717, 1.165) is 0 Å². The molecule has 0 aliphatic carbocycles. The highest BCUT2D eigenvalue weighted by Crippen LogP contribution is 2.00. The Hall–Kier alpha value is -1.43. The topological polar surface area (TPSA) is 78.5 Å². The van der Waals surface area contributed by atoms with Crippen LogP contribution >= 0.6 is 0 Å². The molecule has 0 aromatic rings. The van der Waals surface area contributed by atoms with E-state index in [4.69, 9.17) is 0 Å². The van der Waals surface area contributed by atoms with Crippen LogP contribution in [-0.2, 0) is 14.4 Å². The molecule has 0 aromatic carbocycles. The van der Waals surface area contributed by atoms with Crippen molar-refractivity contribution in [2.24, 2.45) is 0 Å². The lowest BCUT2D eigenvalue weighted by Crippen LogP contribution is -2.48. The van der Waals surface area contributed by atoms with Crippen molar-refractivity contribution in [3.05, 3.63) is 0 Å². The Labute approximate surface area is 108 Å². The fourth-order valence-corrected chi connectivity index (χ4v) is 1.31. The number of Topliss-reactive ketones (excluding diaryl/α,β-unsaturated/α-hetero) is 1. The number of carbonyl (C=O) groups excluding carboxylic acids is 3. The van der Waals surface area contributed by atoms with Crippen molar-refractivity contribution in [2.75, 3.05) is 21.1 Å². The third kappa shape index (κ3) is 5.77. The van der Waals surface area contributed by atoms with Crippen LogP contribution in [0.15, 0.2) is 0 Å². The minimum absolute atomic E-state index is 0.0253. The lowest BCUT2D eigenvalue weighted by atomic mass is 10.1. The second kappa shape index (κ2) is 7.81. The fraction of sp³-hybridized carbons (Fsp3) is 0.750. The number of hydrogen-bond donors (Lipinski definition) is 2. The lowest BCUT2D eigenvalue weighted by Gasteiger charge is -2.19. The predicted octanol–water partition coefficient (Wildman–Crippen LogP) is -0.463. The fourth-order valence-electron chi connectivity index (χ4n) is 1.31. The average molecular weight is 257 g/mol. The summed E-state index contributed by atoms with van der Waals surface area (Å²) in [5, 5.41) is 5.45. The van der Waals surface area contributed by atoms with Gasteiger partial charge in [0.15, 0.2) is 5.78 Å². The molecule has 0 bridgehead atoms. The molecule has 0 aromatic heterocycles. The first-order chi connectivity index (χ1) is 8.29. The van der Waals surface area contributed by atoms with Crippen molar-refractivity contribution in [3.63, 3.8) is 0 Å². The molecule has 0 aliphatic rings. The van der Waals surface area contributed by atoms with Gasteiger partial charge in [0.1, 0.15) is 0 Å². The molecule has 0 heterocycles. The summed E-state index contributed by atoms with van der Waals surface area (Å²) < 4.78 is 0. The standard InChI is InChI=1S/C12H23N3O3/c1-8(9(2)16)14-12(18)10(13-3)6-7-11(17)15(4)5/h8,10,13H,6-7H2,1-5H3,(H,14,18)/t8?,10-/m0/s1. The van der Waals surface area contributed by atoms with Gasteiger partial charge in [-0.15, -0.1) is 0 Å². The SMILES string of the molecule is CN[C@@H](CCC(=O)N(C)C)C(=O)NC(C)C(C)=O. The van der Waals surface area contributed by atoms with Gasteiger partial charge in [0, 0.05) is 20.5 Å². The molecule has 0 aliphatic heterocycles. The number of rotatable bonds is 7. The number of amides is 2. The van der Waals surface area contributed by atoms with Gasteiger partial charge in [-0.05, 0) is 27.3 Å². The van der Waals surface area contributed by atoms with Gasteiger partial charge in [-0.1, -0.05) is 0 Å². The van der Waals surface area contributed by atoms with Crippen molar-refractivity contribution < 1.29 is 14.4 Å². The number of likely N-dealkylation sites (N-methyl/N-ethyl adjacent to an activating group) is 1. The smallest absolute Gasteiger partial charge is 0.237 e. The van der Waals surface area contributed by atoms with Gasteiger partial charge in [-0.2, -0.15) is 0 Å². The molecule has 0 spiro atoms. The molecule has 0 rings (SSSR count). The van der Waals surface area contributed by atoms with Crippen LogP contribution in [0.25, 0.3) is 0 Å². The summed E-state index contributed by atoms with van der Waals surface area (Å²) in [4.78, 5) is 35.8. The summed E-state index contributed by atoms with van der Waals surface area (Å²) in [7, 11) is 5.01. The van der Waals surface area contributed by atoms with E-state index in [-0.39, 0.29) is 17.6 Å². The van der Waals surface area contributed by atoms with Crippen LogP contribution in [0.3, 0.4) is 0 Å². The van der Waals surface area contributed by atoms with E-state index in [1.807, 2.05) is 0 Å². The highest BCUT2D eigenvalue weighted by atomic mass is 16.2. The number of carbonyl (C=O) groups is 3. The third-order valence-electron chi connectivity index (χ3n) is 2.78. The molecular formula is C12H23N3O3. The molecule has 0 saturated heterocycles. The maximum absolute atomic E-state index is 11.8. The summed E-state index contributed by atoms with van der Waals surface area (Å²) in [6.07, 6.45) is 0.699. The molecule has 2 N–H and O–H groups in total. The number of nitrogens with one attached hydrogen (secondary N) is 2. The van der Waals surface area contributed by atoms with Crippen LogP contribution in [0.5, 0.6) is 0 Å². The Bertz CT molecular complexity index is 316. The van der Waals surface area contributed by atoms with Gasteiger partial charge in [0.25, 0.3) is 0 Å². The molecule has 2 amide bonds. The Kier molecular flexibility index (Phi) is 7.19. The van der Waals surface area contributed by atoms with Crippen molar-refractivity contribution >= 4 is 17.6 Å². The van der Waals surface area contributed by atoms with E-state index in [9.17, 15) is 14.4 Å². The zero-order valence-corrected chi connectivity index (χ0v) is 11.7. The van der Waals surface area contributed by atoms with Gasteiger partial charge in [-0.25, -0.2) is 0 Å². The number of hydrogen-bond acceptors (Lipinski definition) is 4. The third-order valence-corrected chi connectivity index (χ3v) is 2.78. The van der Waals surface area contributed by atoms with Crippen LogP contribution in [0.2, 0.25) is 0 Å². The first-order valence-corrected chi connectivity index (χ1v) is 5.97. The van der Waals surface area contributed by atoms with Crippen LogP contribution in [0.4, 0.5) is 0 Å². The predicted molar refractivity (Wildman–Crippen MR) is 69.1 cm³/mol. The van der Waals surface area contributed by atoms with E-state index in [2.05, 4.69) is 10.6 Å². The highest BCUT2D eigenvalue weighted by Gasteiger charge is 2.20. The second-order valence-electron chi connectivity index (χ2n) is 4.51. The van der Waals surface area contributed by atoms with Crippen molar-refractivity contribution in [3.8, 4) is 0 Å². The van der Waals surface area contributed by atoms with Crippen LogP contribution in [0.1, 0.15) is 26.7 Å². The number of nitrogens with zero attached hydrogens (tertiary/aromatic N) is 1. The summed E-state index contributed by atoms with van der Waals surface area (Å²) in [6, 6.07) is -0.964. The monoisotopic (exact) mass is 257 g/mol. The van der Waals surface area contributed by atoms with Gasteiger partial charge < -0.3 is 15.5 Å². The molecule has 0 fully saturated rings. The maximum Gasteiger partial charge on any atom is 0.237 e. The number of ketones is 1. The Morgan fingerprint density at radius 3 is 2.17 bits per heavy atom. The first kappa shape index (κ1) is 16.6. The molecule has 0 saturated carbocycles. The normalized spacial score (nSPS) is 13.6. The molecular weight excluding hydrogens is 234 g/mol. The van der Waals surface area contributed by atoms with E-state index in [1.165, 1.54) is 11.8 Å². The van der Waals surface area contributed by atoms with Crippen LogP contribution in [-0.4, -0.2) is 55.7 Å². The van der Waals surface area contributed by atoms with Gasteiger partial charge in [0.2, 0.25) is 11.8 Å².